The van der Waals surface area contributed by atoms with E-state index in [9.17, 15) is 0 Å². The van der Waals surface area contributed by atoms with E-state index < -0.39 is 0 Å². The Morgan fingerprint density at radius 3 is 1.55 bits per heavy atom. The van der Waals surface area contributed by atoms with Gasteiger partial charge in [-0.15, -0.1) is 0 Å². The Labute approximate surface area is 133 Å². The van der Waals surface area contributed by atoms with Crippen molar-refractivity contribution < 1.29 is 9.31 Å². The summed E-state index contributed by atoms with van der Waals surface area (Å²) in [6.07, 6.45) is 0.995. The van der Waals surface area contributed by atoms with Crippen molar-refractivity contribution in [3.8, 4) is 0 Å². The summed E-state index contributed by atoms with van der Waals surface area (Å²) in [5.41, 5.74) is 2.45. The molecule has 0 aliphatic carbocycles. The Kier molecular flexibility index (Phi) is 4.37. The molecule has 114 valence electrons. The Balaban J connectivity index is 1.89. The zero-order valence-corrected chi connectivity index (χ0v) is 13.5. The van der Waals surface area contributed by atoms with Crippen LogP contribution in [0.15, 0.2) is 60.7 Å². The first-order chi connectivity index (χ1) is 10.5. The van der Waals surface area contributed by atoms with Crippen molar-refractivity contribution in [3.05, 3.63) is 71.8 Å². The van der Waals surface area contributed by atoms with Gasteiger partial charge in [0.1, 0.15) is 0 Å². The van der Waals surface area contributed by atoms with Crippen molar-refractivity contribution in [2.45, 2.75) is 44.7 Å². The average molecular weight is 294 g/mol. The van der Waals surface area contributed by atoms with Gasteiger partial charge in [-0.05, 0) is 16.4 Å². The lowest BCUT2D eigenvalue weighted by atomic mass is 9.60. The lowest BCUT2D eigenvalue weighted by Crippen LogP contribution is -2.40. The van der Waals surface area contributed by atoms with Gasteiger partial charge in [0.25, 0.3) is 0 Å². The predicted octanol–water partition coefficient (Wildman–Crippen LogP) is 5.19. The van der Waals surface area contributed by atoms with Crippen LogP contribution in [0.1, 0.15) is 50.5 Å². The maximum absolute atomic E-state index is 6.27. The first-order valence-electron chi connectivity index (χ1n) is 7.95. The van der Waals surface area contributed by atoms with Crippen LogP contribution in [0.25, 0.3) is 0 Å². The van der Waals surface area contributed by atoms with E-state index in [0.29, 0.717) is 0 Å². The summed E-state index contributed by atoms with van der Waals surface area (Å²) in [7, 11) is -0.211. The number of hydrogen-bond donors (Lipinski definition) is 0. The largest absolute Gasteiger partial charge is 0.463 e. The minimum absolute atomic E-state index is 0.0551. The van der Waals surface area contributed by atoms with Crippen molar-refractivity contribution in [1.82, 2.24) is 0 Å². The Bertz CT molecular complexity index is 544. The summed E-state index contributed by atoms with van der Waals surface area (Å²) in [4.78, 5) is 0. The fourth-order valence-corrected chi connectivity index (χ4v) is 2.81. The highest BCUT2D eigenvalue weighted by Gasteiger charge is 2.42. The SMILES string of the molecule is CC(C)(C)B1OC(c2ccccc2)CC(c2ccccc2)O1. The molecular weight excluding hydrogens is 271 g/mol. The maximum Gasteiger partial charge on any atom is 0.463 e. The number of benzene rings is 2. The molecule has 1 fully saturated rings. The molecule has 0 radical (unpaired) electrons. The third-order valence-corrected chi connectivity index (χ3v) is 4.05. The van der Waals surface area contributed by atoms with Crippen LogP contribution in [0.2, 0.25) is 5.31 Å². The van der Waals surface area contributed by atoms with Gasteiger partial charge in [0.05, 0.1) is 12.2 Å². The summed E-state index contributed by atoms with van der Waals surface area (Å²) in [5.74, 6) is 0. The maximum atomic E-state index is 6.27. The van der Waals surface area contributed by atoms with Crippen molar-refractivity contribution in [2.75, 3.05) is 0 Å². The molecule has 0 saturated carbocycles. The monoisotopic (exact) mass is 294 g/mol. The summed E-state index contributed by atoms with van der Waals surface area (Å²) in [6, 6.07) is 20.9. The second-order valence-corrected chi connectivity index (χ2v) is 7.00. The van der Waals surface area contributed by atoms with Gasteiger partial charge in [-0.25, -0.2) is 0 Å². The van der Waals surface area contributed by atoms with Crippen LogP contribution in [0.3, 0.4) is 0 Å². The van der Waals surface area contributed by atoms with E-state index in [4.69, 9.17) is 9.31 Å². The van der Waals surface area contributed by atoms with Crippen LogP contribution >= 0.6 is 0 Å². The third-order valence-electron chi connectivity index (χ3n) is 4.05. The molecular formula is C19H23BO2. The molecule has 1 aliphatic heterocycles. The van der Waals surface area contributed by atoms with E-state index in [-0.39, 0.29) is 24.6 Å². The molecule has 2 atom stereocenters. The first-order valence-corrected chi connectivity index (χ1v) is 7.95. The highest BCUT2D eigenvalue weighted by molar-refractivity contribution is 6.48. The summed E-state index contributed by atoms with van der Waals surface area (Å²) in [6.45, 7) is 6.48. The standard InChI is InChI=1S/C19H23BO2/c1-19(2,3)20-21-17(15-10-6-4-7-11-15)14-18(22-20)16-12-8-5-9-13-16/h4-13,17-18H,14H2,1-3H3. The van der Waals surface area contributed by atoms with Crippen LogP contribution in [-0.2, 0) is 9.31 Å². The molecule has 3 rings (SSSR count). The Morgan fingerprint density at radius 2 is 1.18 bits per heavy atom. The van der Waals surface area contributed by atoms with Gasteiger partial charge in [-0.3, -0.25) is 0 Å². The van der Waals surface area contributed by atoms with Crippen molar-refractivity contribution >= 4 is 7.12 Å². The van der Waals surface area contributed by atoms with E-state index in [1.807, 2.05) is 12.1 Å². The Hall–Kier alpha value is -1.58. The molecule has 2 unspecified atom stereocenters. The van der Waals surface area contributed by atoms with Crippen LogP contribution in [0, 0.1) is 0 Å². The van der Waals surface area contributed by atoms with E-state index in [1.54, 1.807) is 0 Å². The molecule has 3 heteroatoms. The molecule has 0 N–H and O–H groups in total. The lowest BCUT2D eigenvalue weighted by Gasteiger charge is -2.39. The van der Waals surface area contributed by atoms with Crippen LogP contribution in [0.4, 0.5) is 0 Å². The van der Waals surface area contributed by atoms with Gasteiger partial charge in [-0.2, -0.15) is 0 Å². The number of hydrogen-bond acceptors (Lipinski definition) is 2. The van der Waals surface area contributed by atoms with E-state index in [0.717, 1.165) is 6.42 Å². The van der Waals surface area contributed by atoms with Gasteiger partial charge in [0, 0.05) is 6.42 Å². The second kappa shape index (κ2) is 6.27. The quantitative estimate of drug-likeness (QED) is 0.709. The molecule has 1 saturated heterocycles. The van der Waals surface area contributed by atoms with E-state index >= 15 is 0 Å². The van der Waals surface area contributed by atoms with Crippen molar-refractivity contribution in [2.24, 2.45) is 0 Å². The van der Waals surface area contributed by atoms with Gasteiger partial charge in [-0.1, -0.05) is 81.4 Å². The summed E-state index contributed by atoms with van der Waals surface area (Å²) < 4.78 is 12.5. The fraction of sp³-hybridized carbons (Fsp3) is 0.368. The predicted molar refractivity (Wildman–Crippen MR) is 90.6 cm³/mol. The smallest absolute Gasteiger partial charge is 0.404 e. The summed E-state index contributed by atoms with van der Waals surface area (Å²) in [5, 5.41) is -0.0551. The molecule has 0 amide bonds. The van der Waals surface area contributed by atoms with Gasteiger partial charge < -0.3 is 9.31 Å². The second-order valence-electron chi connectivity index (χ2n) is 7.00. The van der Waals surface area contributed by atoms with Crippen molar-refractivity contribution in [3.63, 3.8) is 0 Å². The topological polar surface area (TPSA) is 18.5 Å². The van der Waals surface area contributed by atoms with Gasteiger partial charge in [0.15, 0.2) is 0 Å². The van der Waals surface area contributed by atoms with Gasteiger partial charge >= 0.3 is 7.12 Å². The van der Waals surface area contributed by atoms with E-state index in [2.05, 4.69) is 69.3 Å². The molecule has 1 aliphatic rings. The lowest BCUT2D eigenvalue weighted by molar-refractivity contribution is 0.00453. The normalized spacial score (nSPS) is 22.6. The minimum Gasteiger partial charge on any atom is -0.404 e. The highest BCUT2D eigenvalue weighted by atomic mass is 16.6. The van der Waals surface area contributed by atoms with Crippen molar-refractivity contribution in [1.29, 1.82) is 0 Å². The minimum atomic E-state index is -0.211. The molecule has 0 spiro atoms. The molecule has 0 bridgehead atoms. The zero-order chi connectivity index (χ0) is 15.6. The molecule has 22 heavy (non-hydrogen) atoms. The zero-order valence-electron chi connectivity index (χ0n) is 13.5. The number of rotatable bonds is 2. The highest BCUT2D eigenvalue weighted by Crippen LogP contribution is 2.43. The van der Waals surface area contributed by atoms with Gasteiger partial charge in [0.2, 0.25) is 0 Å². The summed E-state index contributed by atoms with van der Waals surface area (Å²) >= 11 is 0. The average Bonchev–Trinajstić information content (AvgIpc) is 2.55. The Morgan fingerprint density at radius 1 is 0.773 bits per heavy atom. The van der Waals surface area contributed by atoms with Crippen LogP contribution < -0.4 is 0 Å². The first kappa shape index (κ1) is 15.3. The molecule has 2 nitrogen and oxygen atoms in total. The molecule has 2 aromatic carbocycles. The fourth-order valence-electron chi connectivity index (χ4n) is 2.81. The molecule has 2 aromatic rings. The van der Waals surface area contributed by atoms with Crippen LogP contribution in [0.5, 0.6) is 0 Å². The third kappa shape index (κ3) is 3.42. The molecule has 1 heterocycles. The van der Waals surface area contributed by atoms with E-state index in [1.165, 1.54) is 11.1 Å². The van der Waals surface area contributed by atoms with Crippen LogP contribution in [-0.4, -0.2) is 7.12 Å². The molecule has 0 aromatic heterocycles.